The third-order valence-corrected chi connectivity index (χ3v) is 3.35. The Kier molecular flexibility index (Phi) is 5.74. The largest absolute Gasteiger partial charge is 0.394 e. The van der Waals surface area contributed by atoms with E-state index in [2.05, 4.69) is 17.4 Å². The molecular formula is C17H21NO2. The molecule has 0 radical (unpaired) electrons. The van der Waals surface area contributed by atoms with Crippen molar-refractivity contribution < 1.29 is 10.2 Å². The fourth-order valence-electron chi connectivity index (χ4n) is 2.26. The molecule has 0 spiro atoms. The molecule has 2 rings (SSSR count). The Morgan fingerprint density at radius 2 is 1.50 bits per heavy atom. The van der Waals surface area contributed by atoms with E-state index in [-0.39, 0.29) is 12.6 Å². The zero-order valence-electron chi connectivity index (χ0n) is 11.4. The van der Waals surface area contributed by atoms with Crippen LogP contribution in [0.3, 0.4) is 0 Å². The number of hydrogen-bond donors (Lipinski definition) is 3. The number of rotatable bonds is 7. The van der Waals surface area contributed by atoms with Gasteiger partial charge in [0.1, 0.15) is 0 Å². The van der Waals surface area contributed by atoms with Gasteiger partial charge in [-0.25, -0.2) is 0 Å². The predicted molar refractivity (Wildman–Crippen MR) is 80.4 cm³/mol. The molecule has 106 valence electrons. The van der Waals surface area contributed by atoms with Crippen molar-refractivity contribution >= 4 is 0 Å². The fraction of sp³-hybridized carbons (Fsp3) is 0.294. The molecule has 0 fully saturated rings. The summed E-state index contributed by atoms with van der Waals surface area (Å²) in [6.45, 7) is 0.499. The van der Waals surface area contributed by atoms with Crippen LogP contribution in [0.1, 0.15) is 17.2 Å². The highest BCUT2D eigenvalue weighted by molar-refractivity contribution is 5.20. The molecule has 3 heteroatoms. The van der Waals surface area contributed by atoms with E-state index in [0.29, 0.717) is 0 Å². The average molecular weight is 271 g/mol. The number of hydrogen-bond acceptors (Lipinski definition) is 3. The minimum absolute atomic E-state index is 0.245. The van der Waals surface area contributed by atoms with Crippen molar-refractivity contribution in [1.29, 1.82) is 0 Å². The highest BCUT2D eigenvalue weighted by Crippen LogP contribution is 2.16. The van der Waals surface area contributed by atoms with Crippen LogP contribution < -0.4 is 5.32 Å². The van der Waals surface area contributed by atoms with Gasteiger partial charge >= 0.3 is 0 Å². The Balaban J connectivity index is 1.95. The summed E-state index contributed by atoms with van der Waals surface area (Å²) in [7, 11) is 0. The van der Waals surface area contributed by atoms with Crippen LogP contribution in [-0.4, -0.2) is 29.5 Å². The molecule has 0 amide bonds. The van der Waals surface area contributed by atoms with Crippen molar-refractivity contribution in [3.8, 4) is 0 Å². The Hall–Kier alpha value is -1.68. The first-order valence-electron chi connectivity index (χ1n) is 6.92. The quantitative estimate of drug-likeness (QED) is 0.721. The zero-order valence-corrected chi connectivity index (χ0v) is 11.4. The standard InChI is InChI=1S/C17H21NO2/c19-13-16(20)17(15-9-5-2-6-10-15)18-12-11-14-7-3-1-4-8-14/h1-10,16-20H,11-13H2/t16-,17+/m0/s1. The van der Waals surface area contributed by atoms with Crippen LogP contribution in [0.4, 0.5) is 0 Å². The molecule has 0 aliphatic heterocycles. The third kappa shape index (κ3) is 4.17. The van der Waals surface area contributed by atoms with Crippen molar-refractivity contribution in [2.24, 2.45) is 0 Å². The summed E-state index contributed by atoms with van der Waals surface area (Å²) >= 11 is 0. The van der Waals surface area contributed by atoms with E-state index >= 15 is 0 Å². The average Bonchev–Trinajstić information content (AvgIpc) is 2.53. The Morgan fingerprint density at radius 1 is 0.900 bits per heavy atom. The van der Waals surface area contributed by atoms with Gasteiger partial charge in [-0.1, -0.05) is 60.7 Å². The van der Waals surface area contributed by atoms with E-state index in [4.69, 9.17) is 0 Å². The van der Waals surface area contributed by atoms with E-state index in [0.717, 1.165) is 18.5 Å². The van der Waals surface area contributed by atoms with E-state index in [9.17, 15) is 10.2 Å². The van der Waals surface area contributed by atoms with Gasteiger partial charge < -0.3 is 15.5 Å². The lowest BCUT2D eigenvalue weighted by Gasteiger charge is -2.23. The molecule has 3 N–H and O–H groups in total. The second-order valence-corrected chi connectivity index (χ2v) is 4.83. The van der Waals surface area contributed by atoms with E-state index in [1.165, 1.54) is 5.56 Å². The summed E-state index contributed by atoms with van der Waals surface area (Å²) in [5.41, 5.74) is 2.24. The van der Waals surface area contributed by atoms with E-state index < -0.39 is 6.10 Å². The molecule has 0 heterocycles. The molecule has 2 aromatic carbocycles. The molecule has 2 aromatic rings. The van der Waals surface area contributed by atoms with E-state index in [1.54, 1.807) is 0 Å². The Morgan fingerprint density at radius 3 is 2.10 bits per heavy atom. The van der Waals surface area contributed by atoms with Crippen molar-refractivity contribution in [2.45, 2.75) is 18.6 Å². The summed E-state index contributed by atoms with van der Waals surface area (Å²) in [5.74, 6) is 0. The van der Waals surface area contributed by atoms with Gasteiger partial charge in [-0.3, -0.25) is 0 Å². The van der Waals surface area contributed by atoms with Crippen LogP contribution in [0.15, 0.2) is 60.7 Å². The molecule has 0 aliphatic carbocycles. The SMILES string of the molecule is OC[C@H](O)[C@H](NCCc1ccccc1)c1ccccc1. The first-order chi connectivity index (χ1) is 9.81. The van der Waals surface area contributed by atoms with Crippen LogP contribution in [0.25, 0.3) is 0 Å². The second kappa shape index (κ2) is 7.80. The van der Waals surface area contributed by atoms with Crippen LogP contribution in [0.2, 0.25) is 0 Å². The van der Waals surface area contributed by atoms with Crippen LogP contribution in [0.5, 0.6) is 0 Å². The molecule has 2 atom stereocenters. The van der Waals surface area contributed by atoms with Gasteiger partial charge in [0.2, 0.25) is 0 Å². The maximum Gasteiger partial charge on any atom is 0.0965 e. The lowest BCUT2D eigenvalue weighted by Crippen LogP contribution is -2.35. The van der Waals surface area contributed by atoms with Crippen molar-refractivity contribution in [2.75, 3.05) is 13.2 Å². The molecule has 0 bridgehead atoms. The lowest BCUT2D eigenvalue weighted by molar-refractivity contribution is 0.0626. The van der Waals surface area contributed by atoms with Gasteiger partial charge in [0.05, 0.1) is 18.8 Å². The minimum atomic E-state index is -0.798. The fourth-order valence-corrected chi connectivity index (χ4v) is 2.26. The Labute approximate surface area is 119 Å². The molecule has 0 unspecified atom stereocenters. The topological polar surface area (TPSA) is 52.5 Å². The summed E-state index contributed by atoms with van der Waals surface area (Å²) in [6.07, 6.45) is 0.0932. The van der Waals surface area contributed by atoms with E-state index in [1.807, 2.05) is 48.5 Å². The number of aliphatic hydroxyl groups excluding tert-OH is 2. The predicted octanol–water partition coefficient (Wildman–Crippen LogP) is 1.91. The van der Waals surface area contributed by atoms with Crippen LogP contribution in [0, 0.1) is 0 Å². The smallest absolute Gasteiger partial charge is 0.0965 e. The zero-order chi connectivity index (χ0) is 14.2. The van der Waals surface area contributed by atoms with Gasteiger partial charge in [0.25, 0.3) is 0 Å². The molecular weight excluding hydrogens is 250 g/mol. The highest BCUT2D eigenvalue weighted by Gasteiger charge is 2.19. The van der Waals surface area contributed by atoms with Gasteiger partial charge in [0, 0.05) is 0 Å². The highest BCUT2D eigenvalue weighted by atomic mass is 16.3. The Bertz CT molecular complexity index is 487. The first kappa shape index (κ1) is 14.7. The minimum Gasteiger partial charge on any atom is -0.394 e. The summed E-state index contributed by atoms with van der Waals surface area (Å²) < 4.78 is 0. The normalized spacial score (nSPS) is 13.9. The number of aliphatic hydroxyl groups is 2. The molecule has 0 aromatic heterocycles. The second-order valence-electron chi connectivity index (χ2n) is 4.83. The maximum atomic E-state index is 9.96. The van der Waals surface area contributed by atoms with Crippen molar-refractivity contribution in [3.63, 3.8) is 0 Å². The molecule has 20 heavy (non-hydrogen) atoms. The van der Waals surface area contributed by atoms with Crippen LogP contribution >= 0.6 is 0 Å². The molecule has 0 aliphatic rings. The molecule has 3 nitrogen and oxygen atoms in total. The third-order valence-electron chi connectivity index (χ3n) is 3.35. The molecule has 0 saturated carbocycles. The van der Waals surface area contributed by atoms with Gasteiger partial charge in [-0.15, -0.1) is 0 Å². The van der Waals surface area contributed by atoms with Gasteiger partial charge in [-0.2, -0.15) is 0 Å². The van der Waals surface area contributed by atoms with Crippen molar-refractivity contribution in [3.05, 3.63) is 71.8 Å². The van der Waals surface area contributed by atoms with Crippen molar-refractivity contribution in [1.82, 2.24) is 5.32 Å². The summed E-state index contributed by atoms with van der Waals surface area (Å²) in [5, 5.41) is 22.5. The first-order valence-corrected chi connectivity index (χ1v) is 6.92. The number of benzene rings is 2. The summed E-state index contributed by atoms with van der Waals surface area (Å²) in [4.78, 5) is 0. The lowest BCUT2D eigenvalue weighted by atomic mass is 10.0. The van der Waals surface area contributed by atoms with Gasteiger partial charge in [0.15, 0.2) is 0 Å². The number of nitrogens with one attached hydrogen (secondary N) is 1. The van der Waals surface area contributed by atoms with Crippen LogP contribution in [-0.2, 0) is 6.42 Å². The molecule has 0 saturated heterocycles. The maximum absolute atomic E-state index is 9.96. The summed E-state index contributed by atoms with van der Waals surface area (Å²) in [6, 6.07) is 19.7. The monoisotopic (exact) mass is 271 g/mol. The van der Waals surface area contributed by atoms with Gasteiger partial charge in [-0.05, 0) is 24.1 Å².